The maximum absolute atomic E-state index is 13.4. The van der Waals surface area contributed by atoms with Crippen LogP contribution in [0.3, 0.4) is 0 Å². The van der Waals surface area contributed by atoms with Crippen molar-refractivity contribution in [2.45, 2.75) is 85.0 Å². The number of carbonyl (C=O) groups is 2. The number of carbonyl (C=O) groups excluding carboxylic acids is 2. The quantitative estimate of drug-likeness (QED) is 0.740. The molecule has 148 valence electrons. The lowest BCUT2D eigenvalue weighted by Crippen LogP contribution is -2.57. The molecule has 1 N–H and O–H groups in total. The summed E-state index contributed by atoms with van der Waals surface area (Å²) in [5.74, 6) is -0.327. The number of amides is 2. The Kier molecular flexibility index (Phi) is 7.09. The summed E-state index contributed by atoms with van der Waals surface area (Å²) in [7, 11) is 0. The van der Waals surface area contributed by atoms with Crippen LogP contribution in [0.2, 0.25) is 0 Å². The maximum atomic E-state index is 13.4. The van der Waals surface area contributed by atoms with Crippen LogP contribution in [0, 0.1) is 11.3 Å². The molecule has 1 rings (SSSR count). The zero-order valence-corrected chi connectivity index (χ0v) is 17.5. The van der Waals surface area contributed by atoms with Crippen LogP contribution in [0.25, 0.3) is 0 Å². The lowest BCUT2D eigenvalue weighted by Gasteiger charge is -2.40. The Bertz CT molecular complexity index is 542. The van der Waals surface area contributed by atoms with Crippen LogP contribution in [-0.2, 0) is 9.53 Å². The van der Waals surface area contributed by atoms with Gasteiger partial charge in [0.1, 0.15) is 11.6 Å². The molecule has 0 bridgehead atoms. The summed E-state index contributed by atoms with van der Waals surface area (Å²) in [6.45, 7) is 21.4. The smallest absolute Gasteiger partial charge is 0.408 e. The molecular weight excluding hydrogens is 328 g/mol. The fourth-order valence-electron chi connectivity index (χ4n) is 3.39. The normalized spacial score (nSPS) is 23.1. The van der Waals surface area contributed by atoms with Gasteiger partial charge in [-0.05, 0) is 39.0 Å². The summed E-state index contributed by atoms with van der Waals surface area (Å²) in [4.78, 5) is 27.6. The third-order valence-electron chi connectivity index (χ3n) is 4.79. The number of nitrogens with one attached hydrogen (secondary N) is 1. The van der Waals surface area contributed by atoms with Crippen molar-refractivity contribution < 1.29 is 14.3 Å². The number of rotatable bonds is 5. The van der Waals surface area contributed by atoms with Gasteiger partial charge < -0.3 is 15.0 Å². The minimum atomic E-state index is -0.715. The number of likely N-dealkylation sites (tertiary alicyclic amines) is 1. The molecule has 1 aliphatic rings. The maximum Gasteiger partial charge on any atom is 0.408 e. The SMILES string of the molecule is C=C[C@@H](C)C(NC(=O)OC(C)(C)C)C(=O)N1[C@H](C(C)(C)C)CC[C@@H]1C=C. The fourth-order valence-corrected chi connectivity index (χ4v) is 3.39. The number of alkyl carbamates (subject to hydrolysis) is 1. The fraction of sp³-hybridized carbons (Fsp3) is 0.714. The molecule has 0 spiro atoms. The summed E-state index contributed by atoms with van der Waals surface area (Å²) in [5.41, 5.74) is -0.679. The van der Waals surface area contributed by atoms with Crippen molar-refractivity contribution in [3.8, 4) is 0 Å². The molecule has 1 aliphatic heterocycles. The molecule has 5 heteroatoms. The predicted molar refractivity (Wildman–Crippen MR) is 106 cm³/mol. The molecule has 26 heavy (non-hydrogen) atoms. The van der Waals surface area contributed by atoms with Gasteiger partial charge in [-0.15, -0.1) is 13.2 Å². The average Bonchev–Trinajstić information content (AvgIpc) is 2.93. The number of nitrogens with zero attached hydrogens (tertiary/aromatic N) is 1. The van der Waals surface area contributed by atoms with E-state index in [0.717, 1.165) is 12.8 Å². The molecule has 1 saturated heterocycles. The first kappa shape index (κ1) is 22.3. The minimum Gasteiger partial charge on any atom is -0.444 e. The van der Waals surface area contributed by atoms with Crippen LogP contribution < -0.4 is 5.32 Å². The Morgan fingerprint density at radius 3 is 2.15 bits per heavy atom. The Labute approximate surface area is 158 Å². The van der Waals surface area contributed by atoms with Gasteiger partial charge in [-0.1, -0.05) is 39.8 Å². The third-order valence-corrected chi connectivity index (χ3v) is 4.79. The van der Waals surface area contributed by atoms with Gasteiger partial charge in [-0.3, -0.25) is 4.79 Å². The van der Waals surface area contributed by atoms with Gasteiger partial charge in [-0.2, -0.15) is 0 Å². The van der Waals surface area contributed by atoms with Crippen LogP contribution in [-0.4, -0.2) is 40.6 Å². The van der Waals surface area contributed by atoms with Crippen molar-refractivity contribution in [3.63, 3.8) is 0 Å². The highest BCUT2D eigenvalue weighted by Crippen LogP contribution is 2.37. The molecule has 2 amide bonds. The molecular formula is C21H36N2O3. The third kappa shape index (κ3) is 5.61. The van der Waals surface area contributed by atoms with E-state index in [1.807, 2.05) is 17.9 Å². The monoisotopic (exact) mass is 364 g/mol. The highest BCUT2D eigenvalue weighted by molar-refractivity contribution is 5.87. The average molecular weight is 365 g/mol. The van der Waals surface area contributed by atoms with E-state index in [4.69, 9.17) is 4.74 Å². The number of hydrogen-bond donors (Lipinski definition) is 1. The second-order valence-corrected chi connectivity index (χ2v) is 9.23. The first-order valence-corrected chi connectivity index (χ1v) is 9.38. The van der Waals surface area contributed by atoms with Crippen molar-refractivity contribution in [2.24, 2.45) is 11.3 Å². The van der Waals surface area contributed by atoms with Crippen LogP contribution in [0.15, 0.2) is 25.3 Å². The Hall–Kier alpha value is -1.78. The molecule has 4 atom stereocenters. The van der Waals surface area contributed by atoms with E-state index in [0.29, 0.717) is 0 Å². The second-order valence-electron chi connectivity index (χ2n) is 9.23. The predicted octanol–water partition coefficient (Wildman–Crippen LogP) is 4.29. The molecule has 1 unspecified atom stereocenters. The van der Waals surface area contributed by atoms with Crippen LogP contribution in [0.5, 0.6) is 0 Å². The Morgan fingerprint density at radius 1 is 1.15 bits per heavy atom. The first-order valence-electron chi connectivity index (χ1n) is 9.38. The number of ether oxygens (including phenoxy) is 1. The van der Waals surface area contributed by atoms with E-state index in [-0.39, 0.29) is 29.3 Å². The standard InChI is InChI=1S/C21H36N2O3/c1-10-14(3)17(22-19(25)26-21(7,8)9)18(24)23-15(11-2)12-13-16(23)20(4,5)6/h10-11,14-17H,1-2,12-13H2,3-9H3,(H,22,25)/t14-,15+,16+,17?/m1/s1. The van der Waals surface area contributed by atoms with Crippen molar-refractivity contribution in [3.05, 3.63) is 25.3 Å². The topological polar surface area (TPSA) is 58.6 Å². The van der Waals surface area contributed by atoms with Gasteiger partial charge in [0.25, 0.3) is 0 Å². The largest absolute Gasteiger partial charge is 0.444 e. The van der Waals surface area contributed by atoms with Crippen molar-refractivity contribution in [2.75, 3.05) is 0 Å². The van der Waals surface area contributed by atoms with Crippen LogP contribution in [0.4, 0.5) is 4.79 Å². The minimum absolute atomic E-state index is 0.0216. The summed E-state index contributed by atoms with van der Waals surface area (Å²) >= 11 is 0. The van der Waals surface area contributed by atoms with Gasteiger partial charge in [0.15, 0.2) is 0 Å². The molecule has 0 aromatic heterocycles. The lowest BCUT2D eigenvalue weighted by molar-refractivity contribution is -0.138. The molecule has 0 saturated carbocycles. The lowest BCUT2D eigenvalue weighted by atomic mass is 9.84. The van der Waals surface area contributed by atoms with E-state index < -0.39 is 17.7 Å². The molecule has 5 nitrogen and oxygen atoms in total. The molecule has 1 heterocycles. The van der Waals surface area contributed by atoms with E-state index in [2.05, 4.69) is 39.2 Å². The van der Waals surface area contributed by atoms with E-state index >= 15 is 0 Å². The summed E-state index contributed by atoms with van der Waals surface area (Å²) in [6.07, 6.45) is 4.73. The van der Waals surface area contributed by atoms with Gasteiger partial charge >= 0.3 is 6.09 Å². The van der Waals surface area contributed by atoms with Gasteiger partial charge in [0.2, 0.25) is 5.91 Å². The summed E-state index contributed by atoms with van der Waals surface area (Å²) < 4.78 is 5.35. The molecule has 0 aromatic rings. The Morgan fingerprint density at radius 2 is 1.73 bits per heavy atom. The highest BCUT2D eigenvalue weighted by Gasteiger charge is 2.44. The number of hydrogen-bond acceptors (Lipinski definition) is 3. The highest BCUT2D eigenvalue weighted by atomic mass is 16.6. The van der Waals surface area contributed by atoms with Gasteiger partial charge in [-0.25, -0.2) is 4.79 Å². The van der Waals surface area contributed by atoms with Crippen molar-refractivity contribution in [1.82, 2.24) is 10.2 Å². The van der Waals surface area contributed by atoms with Gasteiger partial charge in [0.05, 0.1) is 6.04 Å². The zero-order valence-electron chi connectivity index (χ0n) is 17.5. The molecule has 0 aromatic carbocycles. The van der Waals surface area contributed by atoms with Gasteiger partial charge in [0, 0.05) is 12.0 Å². The first-order chi connectivity index (χ1) is 11.8. The van der Waals surface area contributed by atoms with E-state index in [9.17, 15) is 9.59 Å². The Balaban J connectivity index is 3.11. The molecule has 1 fully saturated rings. The van der Waals surface area contributed by atoms with E-state index in [1.165, 1.54) is 0 Å². The zero-order chi connectivity index (χ0) is 20.3. The van der Waals surface area contributed by atoms with Crippen LogP contribution >= 0.6 is 0 Å². The van der Waals surface area contributed by atoms with Crippen molar-refractivity contribution in [1.29, 1.82) is 0 Å². The summed E-state index contributed by atoms with van der Waals surface area (Å²) in [5, 5.41) is 2.76. The van der Waals surface area contributed by atoms with E-state index in [1.54, 1.807) is 26.8 Å². The summed E-state index contributed by atoms with van der Waals surface area (Å²) in [6, 6.07) is -0.641. The van der Waals surface area contributed by atoms with Crippen molar-refractivity contribution >= 4 is 12.0 Å². The second kappa shape index (κ2) is 8.28. The molecule has 0 radical (unpaired) electrons. The molecule has 0 aliphatic carbocycles. The van der Waals surface area contributed by atoms with Crippen LogP contribution in [0.1, 0.15) is 61.3 Å².